The molecule has 0 spiro atoms. The fourth-order valence-corrected chi connectivity index (χ4v) is 7.02. The predicted molar refractivity (Wildman–Crippen MR) is 163 cm³/mol. The topological polar surface area (TPSA) is 113 Å². The Bertz CT molecular complexity index is 1780. The third kappa shape index (κ3) is 6.78. The van der Waals surface area contributed by atoms with E-state index < -0.39 is 32.5 Å². The highest BCUT2D eigenvalue weighted by molar-refractivity contribution is 7.93. The van der Waals surface area contributed by atoms with E-state index in [9.17, 15) is 21.6 Å². The second-order valence-electron chi connectivity index (χ2n) is 10.1. The second-order valence-corrected chi connectivity index (χ2v) is 13.6. The molecule has 0 unspecified atom stereocenters. The molecule has 2 N–H and O–H groups in total. The van der Waals surface area contributed by atoms with Crippen molar-refractivity contribution in [3.63, 3.8) is 0 Å². The third-order valence-electron chi connectivity index (χ3n) is 6.70. The Morgan fingerprint density at radius 1 is 0.683 bits per heavy atom. The number of hydrogen-bond acceptors (Lipinski definition) is 5. The van der Waals surface area contributed by atoms with E-state index in [-0.39, 0.29) is 9.79 Å². The van der Waals surface area contributed by atoms with Crippen molar-refractivity contribution in [1.82, 2.24) is 0 Å². The largest absolute Gasteiger partial charge is 0.325 e. The van der Waals surface area contributed by atoms with Gasteiger partial charge in [0.2, 0.25) is 5.91 Å². The van der Waals surface area contributed by atoms with Crippen molar-refractivity contribution in [1.29, 1.82) is 0 Å². The van der Waals surface area contributed by atoms with Gasteiger partial charge in [-0.05, 0) is 99.3 Å². The molecule has 0 aliphatic carbocycles. The van der Waals surface area contributed by atoms with Crippen LogP contribution in [0.1, 0.15) is 27.8 Å². The van der Waals surface area contributed by atoms with E-state index in [2.05, 4.69) is 10.0 Å². The number of sulfonamides is 2. The van der Waals surface area contributed by atoms with Crippen LogP contribution in [0.5, 0.6) is 0 Å². The summed E-state index contributed by atoms with van der Waals surface area (Å²) in [5.41, 5.74) is 5.31. The highest BCUT2D eigenvalue weighted by Gasteiger charge is 2.28. The maximum atomic E-state index is 13.7. The number of benzene rings is 4. The van der Waals surface area contributed by atoms with Gasteiger partial charge in [0, 0.05) is 5.69 Å². The average molecular weight is 592 g/mol. The number of aryl methyl sites for hydroxylation is 5. The summed E-state index contributed by atoms with van der Waals surface area (Å²) in [4.78, 5) is 13.3. The summed E-state index contributed by atoms with van der Waals surface area (Å²) in [5, 5.41) is 2.70. The van der Waals surface area contributed by atoms with Crippen molar-refractivity contribution in [3.05, 3.63) is 113 Å². The Morgan fingerprint density at radius 2 is 1.24 bits per heavy atom. The number of carbonyl (C=O) groups is 1. The van der Waals surface area contributed by atoms with Crippen LogP contribution in [0.4, 0.5) is 17.1 Å². The molecule has 0 aromatic heterocycles. The smallest absolute Gasteiger partial charge is 0.264 e. The van der Waals surface area contributed by atoms with Crippen molar-refractivity contribution in [2.45, 2.75) is 44.4 Å². The van der Waals surface area contributed by atoms with E-state index in [1.807, 2.05) is 58.0 Å². The van der Waals surface area contributed by atoms with Crippen LogP contribution in [0.3, 0.4) is 0 Å². The molecule has 0 bridgehead atoms. The maximum Gasteiger partial charge on any atom is 0.264 e. The minimum atomic E-state index is -4.08. The second kappa shape index (κ2) is 11.8. The summed E-state index contributed by atoms with van der Waals surface area (Å²) in [6, 6.07) is 23.1. The van der Waals surface area contributed by atoms with Crippen LogP contribution in [0.15, 0.2) is 94.7 Å². The van der Waals surface area contributed by atoms with Crippen LogP contribution in [0, 0.1) is 34.6 Å². The maximum absolute atomic E-state index is 13.7. The van der Waals surface area contributed by atoms with Crippen molar-refractivity contribution < 1.29 is 21.6 Å². The molecule has 0 heterocycles. The normalized spacial score (nSPS) is 11.6. The summed E-state index contributed by atoms with van der Waals surface area (Å²) in [6.07, 6.45) is 0. The van der Waals surface area contributed by atoms with Gasteiger partial charge in [-0.25, -0.2) is 16.8 Å². The number of carbonyl (C=O) groups excluding carboxylic acids is 1. The van der Waals surface area contributed by atoms with Gasteiger partial charge in [0.25, 0.3) is 20.0 Å². The first-order valence-corrected chi connectivity index (χ1v) is 15.9. The monoisotopic (exact) mass is 591 g/mol. The van der Waals surface area contributed by atoms with Crippen molar-refractivity contribution in [2.75, 3.05) is 20.9 Å². The van der Waals surface area contributed by atoms with Crippen molar-refractivity contribution in [2.24, 2.45) is 0 Å². The van der Waals surface area contributed by atoms with Crippen LogP contribution >= 0.6 is 0 Å². The number of hydrogen-bond donors (Lipinski definition) is 2. The van der Waals surface area contributed by atoms with E-state index in [1.165, 1.54) is 36.4 Å². The van der Waals surface area contributed by atoms with Crippen molar-refractivity contribution in [3.8, 4) is 0 Å². The molecule has 8 nitrogen and oxygen atoms in total. The molecule has 41 heavy (non-hydrogen) atoms. The number of nitrogens with one attached hydrogen (secondary N) is 2. The highest BCUT2D eigenvalue weighted by atomic mass is 32.2. The van der Waals surface area contributed by atoms with Crippen LogP contribution in [-0.4, -0.2) is 29.3 Å². The summed E-state index contributed by atoms with van der Waals surface area (Å²) in [6.45, 7) is 8.67. The summed E-state index contributed by atoms with van der Waals surface area (Å²) < 4.78 is 57.2. The molecule has 0 saturated carbocycles. The highest BCUT2D eigenvalue weighted by Crippen LogP contribution is 2.29. The Kier molecular flexibility index (Phi) is 8.55. The SMILES string of the molecule is Cc1ccc(S(=O)(=O)N(CC(=O)Nc2ccc(S(=O)(=O)Nc3c(C)cccc3C)cc2)c2cc(C)ccc2C)cc1. The fraction of sp³-hybridized carbons (Fsp3) is 0.194. The summed E-state index contributed by atoms with van der Waals surface area (Å²) in [7, 11) is -7.95. The lowest BCUT2D eigenvalue weighted by Crippen LogP contribution is -2.38. The first-order chi connectivity index (χ1) is 19.3. The Labute approximate surface area is 242 Å². The van der Waals surface area contributed by atoms with E-state index in [4.69, 9.17) is 0 Å². The Hall–Kier alpha value is -4.15. The van der Waals surface area contributed by atoms with Crippen molar-refractivity contribution >= 4 is 43.0 Å². The van der Waals surface area contributed by atoms with Gasteiger partial charge in [0.1, 0.15) is 6.54 Å². The van der Waals surface area contributed by atoms with E-state index in [0.717, 1.165) is 26.6 Å². The van der Waals surface area contributed by atoms with Crippen LogP contribution in [0.2, 0.25) is 0 Å². The summed E-state index contributed by atoms with van der Waals surface area (Å²) >= 11 is 0. The van der Waals surface area contributed by atoms with Gasteiger partial charge in [-0.15, -0.1) is 0 Å². The lowest BCUT2D eigenvalue weighted by molar-refractivity contribution is -0.114. The predicted octanol–water partition coefficient (Wildman–Crippen LogP) is 5.86. The average Bonchev–Trinajstić information content (AvgIpc) is 2.91. The number of rotatable bonds is 9. The zero-order chi connectivity index (χ0) is 29.9. The first kappa shape index (κ1) is 29.8. The zero-order valence-electron chi connectivity index (χ0n) is 23.6. The molecular weight excluding hydrogens is 558 g/mol. The molecule has 1 amide bonds. The van der Waals surface area contributed by atoms with Gasteiger partial charge < -0.3 is 5.32 Å². The van der Waals surface area contributed by atoms with Gasteiger partial charge in [-0.2, -0.15) is 0 Å². The first-order valence-electron chi connectivity index (χ1n) is 12.9. The lowest BCUT2D eigenvalue weighted by Gasteiger charge is -2.26. The summed E-state index contributed by atoms with van der Waals surface area (Å²) in [5.74, 6) is -0.578. The Balaban J connectivity index is 1.57. The standard InChI is InChI=1S/C31H33N3O5S2/c1-21-10-15-28(16-11-21)41(38,39)34(29-19-22(2)9-12-23(29)3)20-30(35)32-26-13-17-27(18-14-26)40(36,37)33-31-24(4)7-6-8-25(31)5/h6-19,33H,20H2,1-5H3,(H,32,35). The van der Waals surface area contributed by atoms with E-state index >= 15 is 0 Å². The van der Waals surface area contributed by atoms with Gasteiger partial charge in [-0.1, -0.05) is 48.0 Å². The molecule has 0 fully saturated rings. The van der Waals surface area contributed by atoms with Crippen LogP contribution in [-0.2, 0) is 24.8 Å². The molecule has 10 heteroatoms. The van der Waals surface area contributed by atoms with Gasteiger partial charge in [-0.3, -0.25) is 13.8 Å². The third-order valence-corrected chi connectivity index (χ3v) is 9.84. The molecule has 4 rings (SSSR count). The molecule has 0 atom stereocenters. The van der Waals surface area contributed by atoms with Gasteiger partial charge in [0.15, 0.2) is 0 Å². The fourth-order valence-electron chi connectivity index (χ4n) is 4.34. The Morgan fingerprint density at radius 3 is 1.85 bits per heavy atom. The van der Waals surface area contributed by atoms with E-state index in [0.29, 0.717) is 22.6 Å². The van der Waals surface area contributed by atoms with E-state index in [1.54, 1.807) is 25.1 Å². The molecule has 4 aromatic rings. The zero-order valence-corrected chi connectivity index (χ0v) is 25.2. The van der Waals surface area contributed by atoms with Crippen LogP contribution < -0.4 is 14.3 Å². The minimum absolute atomic E-state index is 0.0251. The number of anilines is 3. The molecule has 214 valence electrons. The minimum Gasteiger partial charge on any atom is -0.325 e. The molecule has 0 aliphatic heterocycles. The van der Waals surface area contributed by atoms with Gasteiger partial charge >= 0.3 is 0 Å². The van der Waals surface area contributed by atoms with Crippen LogP contribution in [0.25, 0.3) is 0 Å². The lowest BCUT2D eigenvalue weighted by atomic mass is 10.1. The molecular formula is C31H33N3O5S2. The molecule has 0 aliphatic rings. The molecule has 0 radical (unpaired) electrons. The quantitative estimate of drug-likeness (QED) is 0.253. The number of amides is 1. The number of nitrogens with zero attached hydrogens (tertiary/aromatic N) is 1. The molecule has 0 saturated heterocycles. The molecule has 4 aromatic carbocycles. The van der Waals surface area contributed by atoms with Gasteiger partial charge in [0.05, 0.1) is 21.2 Å². The number of para-hydroxylation sites is 1.